The SMILES string of the molecule is CC(Cl)c1nnnn1CC1CCCCC1C. The first kappa shape index (κ1) is 11.8. The van der Waals surface area contributed by atoms with Crippen LogP contribution in [0.2, 0.25) is 0 Å². The van der Waals surface area contributed by atoms with Gasteiger partial charge in [-0.3, -0.25) is 0 Å². The van der Waals surface area contributed by atoms with Gasteiger partial charge in [-0.05, 0) is 35.6 Å². The maximum atomic E-state index is 6.04. The van der Waals surface area contributed by atoms with Crippen molar-refractivity contribution >= 4 is 11.6 Å². The van der Waals surface area contributed by atoms with E-state index in [4.69, 9.17) is 11.6 Å². The topological polar surface area (TPSA) is 43.6 Å². The van der Waals surface area contributed by atoms with Crippen LogP contribution in [0.25, 0.3) is 0 Å². The van der Waals surface area contributed by atoms with Crippen LogP contribution in [-0.4, -0.2) is 20.2 Å². The third-order valence-corrected chi connectivity index (χ3v) is 3.81. The minimum atomic E-state index is -0.117. The van der Waals surface area contributed by atoms with Gasteiger partial charge in [-0.2, -0.15) is 0 Å². The van der Waals surface area contributed by atoms with Crippen LogP contribution >= 0.6 is 11.6 Å². The van der Waals surface area contributed by atoms with Gasteiger partial charge < -0.3 is 0 Å². The summed E-state index contributed by atoms with van der Waals surface area (Å²) in [5.41, 5.74) is 0. The summed E-state index contributed by atoms with van der Waals surface area (Å²) in [6, 6.07) is 0. The third-order valence-electron chi connectivity index (χ3n) is 3.61. The fraction of sp³-hybridized carbons (Fsp3) is 0.909. The lowest BCUT2D eigenvalue weighted by molar-refractivity contribution is 0.218. The van der Waals surface area contributed by atoms with Crippen LogP contribution in [0.5, 0.6) is 0 Å². The monoisotopic (exact) mass is 242 g/mol. The van der Waals surface area contributed by atoms with Gasteiger partial charge in [0.1, 0.15) is 0 Å². The van der Waals surface area contributed by atoms with E-state index in [0.29, 0.717) is 5.92 Å². The van der Waals surface area contributed by atoms with Gasteiger partial charge in [0.25, 0.3) is 0 Å². The van der Waals surface area contributed by atoms with Crippen LogP contribution in [0.3, 0.4) is 0 Å². The quantitative estimate of drug-likeness (QED) is 0.766. The number of aromatic nitrogens is 4. The number of nitrogens with zero attached hydrogens (tertiary/aromatic N) is 4. The minimum absolute atomic E-state index is 0.117. The largest absolute Gasteiger partial charge is 0.228 e. The van der Waals surface area contributed by atoms with Crippen LogP contribution in [0.4, 0.5) is 0 Å². The number of alkyl halides is 1. The Balaban J connectivity index is 2.04. The summed E-state index contributed by atoms with van der Waals surface area (Å²) in [5, 5.41) is 11.6. The normalized spacial score (nSPS) is 27.9. The van der Waals surface area contributed by atoms with Crippen molar-refractivity contribution in [2.75, 3.05) is 0 Å². The molecule has 0 aliphatic heterocycles. The highest BCUT2D eigenvalue weighted by Gasteiger charge is 2.23. The van der Waals surface area contributed by atoms with E-state index in [0.717, 1.165) is 18.3 Å². The lowest BCUT2D eigenvalue weighted by atomic mass is 9.80. The summed E-state index contributed by atoms with van der Waals surface area (Å²) < 4.78 is 1.88. The van der Waals surface area contributed by atoms with Crippen molar-refractivity contribution in [3.63, 3.8) is 0 Å². The Morgan fingerprint density at radius 3 is 2.88 bits per heavy atom. The number of hydrogen-bond donors (Lipinski definition) is 0. The van der Waals surface area contributed by atoms with E-state index in [2.05, 4.69) is 22.4 Å². The Bertz CT molecular complexity index is 336. The summed E-state index contributed by atoms with van der Waals surface area (Å²) in [6.07, 6.45) is 5.32. The van der Waals surface area contributed by atoms with Gasteiger partial charge in [-0.25, -0.2) is 4.68 Å². The molecule has 1 heterocycles. The molecule has 1 aromatic rings. The van der Waals surface area contributed by atoms with Gasteiger partial charge in [-0.15, -0.1) is 16.7 Å². The molecule has 0 aromatic carbocycles. The zero-order valence-electron chi connectivity index (χ0n) is 9.93. The standard InChI is InChI=1S/C11H19ClN4/c1-8-5-3-4-6-10(8)7-16-11(9(2)12)13-14-15-16/h8-10H,3-7H2,1-2H3. The molecule has 0 amide bonds. The number of hydrogen-bond acceptors (Lipinski definition) is 3. The molecule has 0 N–H and O–H groups in total. The second-order valence-electron chi connectivity index (χ2n) is 4.86. The summed E-state index contributed by atoms with van der Waals surface area (Å²) in [6.45, 7) is 5.16. The van der Waals surface area contributed by atoms with Crippen molar-refractivity contribution in [2.45, 2.75) is 51.5 Å². The molecular weight excluding hydrogens is 224 g/mol. The van der Waals surface area contributed by atoms with E-state index >= 15 is 0 Å². The van der Waals surface area contributed by atoms with Crippen LogP contribution in [0.1, 0.15) is 50.7 Å². The van der Waals surface area contributed by atoms with Crippen molar-refractivity contribution in [1.82, 2.24) is 20.2 Å². The van der Waals surface area contributed by atoms with Crippen molar-refractivity contribution in [2.24, 2.45) is 11.8 Å². The average molecular weight is 243 g/mol. The fourth-order valence-electron chi connectivity index (χ4n) is 2.51. The smallest absolute Gasteiger partial charge is 0.168 e. The molecule has 1 aliphatic carbocycles. The van der Waals surface area contributed by atoms with Crippen LogP contribution < -0.4 is 0 Å². The second kappa shape index (κ2) is 5.13. The van der Waals surface area contributed by atoms with Gasteiger partial charge in [-0.1, -0.05) is 26.2 Å². The van der Waals surface area contributed by atoms with Crippen LogP contribution in [0, 0.1) is 11.8 Å². The van der Waals surface area contributed by atoms with Gasteiger partial charge in [0.05, 0.1) is 5.38 Å². The number of rotatable bonds is 3. The van der Waals surface area contributed by atoms with Crippen molar-refractivity contribution < 1.29 is 0 Å². The van der Waals surface area contributed by atoms with Crippen molar-refractivity contribution in [3.05, 3.63) is 5.82 Å². The molecule has 16 heavy (non-hydrogen) atoms. The Labute approximate surface area is 101 Å². The summed E-state index contributed by atoms with van der Waals surface area (Å²) >= 11 is 6.04. The summed E-state index contributed by atoms with van der Waals surface area (Å²) in [7, 11) is 0. The van der Waals surface area contributed by atoms with E-state index in [9.17, 15) is 0 Å². The molecule has 4 nitrogen and oxygen atoms in total. The zero-order valence-corrected chi connectivity index (χ0v) is 10.7. The second-order valence-corrected chi connectivity index (χ2v) is 5.51. The molecule has 1 fully saturated rings. The average Bonchev–Trinajstić information content (AvgIpc) is 2.69. The van der Waals surface area contributed by atoms with Crippen molar-refractivity contribution in [1.29, 1.82) is 0 Å². The summed E-state index contributed by atoms with van der Waals surface area (Å²) in [4.78, 5) is 0. The van der Waals surface area contributed by atoms with Gasteiger partial charge in [0, 0.05) is 6.54 Å². The lowest BCUT2D eigenvalue weighted by Gasteiger charge is -2.28. The van der Waals surface area contributed by atoms with E-state index < -0.39 is 0 Å². The summed E-state index contributed by atoms with van der Waals surface area (Å²) in [5.74, 6) is 2.27. The van der Waals surface area contributed by atoms with E-state index in [1.165, 1.54) is 25.7 Å². The fourth-order valence-corrected chi connectivity index (χ4v) is 2.67. The van der Waals surface area contributed by atoms with Gasteiger partial charge >= 0.3 is 0 Å². The van der Waals surface area contributed by atoms with Gasteiger partial charge in [0.15, 0.2) is 5.82 Å². The molecule has 90 valence electrons. The first-order chi connectivity index (χ1) is 7.68. The molecule has 1 aromatic heterocycles. The predicted molar refractivity (Wildman–Crippen MR) is 63.2 cm³/mol. The predicted octanol–water partition coefficient (Wildman–Crippen LogP) is 2.80. The molecule has 1 aliphatic rings. The zero-order chi connectivity index (χ0) is 11.5. The Hall–Kier alpha value is -0.640. The lowest BCUT2D eigenvalue weighted by Crippen LogP contribution is -2.23. The minimum Gasteiger partial charge on any atom is -0.228 e. The first-order valence-electron chi connectivity index (χ1n) is 6.08. The molecular formula is C11H19ClN4. The molecule has 3 atom stereocenters. The molecule has 0 bridgehead atoms. The molecule has 5 heteroatoms. The van der Waals surface area contributed by atoms with E-state index in [1.54, 1.807) is 0 Å². The first-order valence-corrected chi connectivity index (χ1v) is 6.52. The maximum Gasteiger partial charge on any atom is 0.168 e. The highest BCUT2D eigenvalue weighted by atomic mass is 35.5. The van der Waals surface area contributed by atoms with Crippen LogP contribution in [-0.2, 0) is 6.54 Å². The maximum absolute atomic E-state index is 6.04. The number of halogens is 1. The Kier molecular flexibility index (Phi) is 3.79. The molecule has 1 saturated carbocycles. The highest BCUT2D eigenvalue weighted by Crippen LogP contribution is 2.31. The molecule has 0 radical (unpaired) electrons. The molecule has 0 saturated heterocycles. The highest BCUT2D eigenvalue weighted by molar-refractivity contribution is 6.20. The third kappa shape index (κ3) is 2.54. The van der Waals surface area contributed by atoms with Gasteiger partial charge in [0.2, 0.25) is 0 Å². The van der Waals surface area contributed by atoms with Crippen molar-refractivity contribution in [3.8, 4) is 0 Å². The molecule has 3 unspecified atom stereocenters. The number of tetrazole rings is 1. The van der Waals surface area contributed by atoms with E-state index in [-0.39, 0.29) is 5.38 Å². The molecule has 2 rings (SSSR count). The van der Waals surface area contributed by atoms with Crippen LogP contribution in [0.15, 0.2) is 0 Å². The van der Waals surface area contributed by atoms with E-state index in [1.807, 2.05) is 11.6 Å². The Morgan fingerprint density at radius 2 is 2.19 bits per heavy atom. The molecule has 0 spiro atoms. The Morgan fingerprint density at radius 1 is 1.44 bits per heavy atom.